The first-order chi connectivity index (χ1) is 9.54. The lowest BCUT2D eigenvalue weighted by Gasteiger charge is -2.16. The molecule has 1 aromatic heterocycles. The number of likely N-dealkylation sites (N-methyl/N-ethyl adjacent to an activating group) is 1. The predicted octanol–water partition coefficient (Wildman–Crippen LogP) is 2.29. The van der Waals surface area contributed by atoms with Gasteiger partial charge in [0.15, 0.2) is 0 Å². The maximum Gasteiger partial charge on any atom is 0.229 e. The Hall–Kier alpha value is -1.78. The fraction of sp³-hybridized carbons (Fsp3) is 0.533. The van der Waals surface area contributed by atoms with Crippen LogP contribution in [0.3, 0.4) is 0 Å². The summed E-state index contributed by atoms with van der Waals surface area (Å²) < 4.78 is 14.2. The number of aryl methyl sites for hydroxylation is 2. The average molecular weight is 280 g/mol. The van der Waals surface area contributed by atoms with Gasteiger partial charge in [0, 0.05) is 19.2 Å². The summed E-state index contributed by atoms with van der Waals surface area (Å²) in [6, 6.07) is 1.46. The summed E-state index contributed by atoms with van der Waals surface area (Å²) in [7, 11) is 1.49. The molecule has 0 saturated heterocycles. The minimum absolute atomic E-state index is 0.128. The highest BCUT2D eigenvalue weighted by Crippen LogP contribution is 2.24. The van der Waals surface area contributed by atoms with Crippen molar-refractivity contribution in [1.82, 2.24) is 10.3 Å². The number of pyridine rings is 1. The number of rotatable bonds is 7. The molecule has 0 aliphatic heterocycles. The van der Waals surface area contributed by atoms with Crippen molar-refractivity contribution in [1.29, 1.82) is 0 Å². The third kappa shape index (κ3) is 3.85. The topological polar surface area (TPSA) is 59.1 Å². The first-order valence-corrected chi connectivity index (χ1v) is 6.86. The number of hydrogen-bond acceptors (Lipinski definition) is 3. The van der Waals surface area contributed by atoms with Crippen LogP contribution < -0.4 is 5.32 Å². The summed E-state index contributed by atoms with van der Waals surface area (Å²) in [5.41, 5.74) is 1.73. The van der Waals surface area contributed by atoms with Crippen LogP contribution in [0.15, 0.2) is 6.07 Å². The number of carbonyl (C=O) groups is 2. The van der Waals surface area contributed by atoms with E-state index < -0.39 is 11.7 Å². The minimum Gasteiger partial charge on any atom is -0.359 e. The zero-order chi connectivity index (χ0) is 15.1. The molecule has 0 saturated carbocycles. The van der Waals surface area contributed by atoms with Crippen LogP contribution in [0.1, 0.15) is 49.1 Å². The molecule has 5 heteroatoms. The Morgan fingerprint density at radius 2 is 2.25 bits per heavy atom. The van der Waals surface area contributed by atoms with Crippen molar-refractivity contribution >= 4 is 12.2 Å². The fourth-order valence-corrected chi connectivity index (χ4v) is 2.20. The van der Waals surface area contributed by atoms with E-state index in [1.165, 1.54) is 13.1 Å². The smallest absolute Gasteiger partial charge is 0.229 e. The number of amides is 1. The number of aldehydes is 1. The van der Waals surface area contributed by atoms with Crippen molar-refractivity contribution in [2.24, 2.45) is 0 Å². The second-order valence-corrected chi connectivity index (χ2v) is 4.76. The number of carbonyl (C=O) groups excluding carboxylic acids is 2. The van der Waals surface area contributed by atoms with E-state index in [0.717, 1.165) is 30.4 Å². The number of aromatic nitrogens is 1. The molecule has 110 valence electrons. The Morgan fingerprint density at radius 3 is 2.80 bits per heavy atom. The van der Waals surface area contributed by atoms with Gasteiger partial charge in [0.1, 0.15) is 12.1 Å². The highest BCUT2D eigenvalue weighted by atomic mass is 19.1. The molecule has 0 aromatic carbocycles. The van der Waals surface area contributed by atoms with Gasteiger partial charge in [0.2, 0.25) is 5.91 Å². The van der Waals surface area contributed by atoms with Gasteiger partial charge in [0.05, 0.1) is 11.6 Å². The minimum atomic E-state index is -0.723. The molecule has 1 heterocycles. The Morgan fingerprint density at radius 1 is 1.55 bits per heavy atom. The second kappa shape index (κ2) is 7.72. The lowest BCUT2D eigenvalue weighted by molar-refractivity contribution is -0.122. The van der Waals surface area contributed by atoms with Crippen LogP contribution in [0, 0.1) is 12.7 Å². The molecular weight excluding hydrogens is 259 g/mol. The first-order valence-electron chi connectivity index (χ1n) is 6.86. The van der Waals surface area contributed by atoms with Gasteiger partial charge in [-0.25, -0.2) is 4.39 Å². The normalized spacial score (nSPS) is 12.0. The molecule has 0 fully saturated rings. The highest BCUT2D eigenvalue weighted by molar-refractivity contribution is 5.83. The fourth-order valence-electron chi connectivity index (χ4n) is 2.20. The van der Waals surface area contributed by atoms with Crippen LogP contribution >= 0.6 is 0 Å². The third-order valence-electron chi connectivity index (χ3n) is 3.28. The second-order valence-electron chi connectivity index (χ2n) is 4.76. The number of nitrogens with zero attached hydrogens (tertiary/aromatic N) is 1. The van der Waals surface area contributed by atoms with E-state index in [1.807, 2.05) is 13.8 Å². The van der Waals surface area contributed by atoms with Crippen molar-refractivity contribution in [3.63, 3.8) is 0 Å². The summed E-state index contributed by atoms with van der Waals surface area (Å²) in [6.45, 7) is 3.83. The van der Waals surface area contributed by atoms with Gasteiger partial charge in [-0.05, 0) is 31.4 Å². The molecule has 1 aromatic rings. The molecular formula is C15H21FN2O2. The van der Waals surface area contributed by atoms with Crippen molar-refractivity contribution in [3.05, 3.63) is 28.8 Å². The molecule has 0 bridgehead atoms. The third-order valence-corrected chi connectivity index (χ3v) is 3.28. The largest absolute Gasteiger partial charge is 0.359 e. The highest BCUT2D eigenvalue weighted by Gasteiger charge is 2.25. The number of halogens is 1. The van der Waals surface area contributed by atoms with E-state index in [-0.39, 0.29) is 24.4 Å². The first kappa shape index (κ1) is 16.3. The van der Waals surface area contributed by atoms with E-state index >= 15 is 0 Å². The monoisotopic (exact) mass is 280 g/mol. The maximum absolute atomic E-state index is 14.2. The molecule has 0 spiro atoms. The molecule has 1 amide bonds. The van der Waals surface area contributed by atoms with Gasteiger partial charge in [0.25, 0.3) is 0 Å². The van der Waals surface area contributed by atoms with Gasteiger partial charge >= 0.3 is 0 Å². The molecule has 20 heavy (non-hydrogen) atoms. The van der Waals surface area contributed by atoms with Crippen LogP contribution in [0.5, 0.6) is 0 Å². The van der Waals surface area contributed by atoms with Gasteiger partial charge in [-0.1, -0.05) is 13.3 Å². The standard InChI is InChI=1S/C15H21FN2O2/c1-4-6-11-9-13(16)14(18-10(11)2)12(7-5-8-19)15(20)17-3/h8-9,12H,4-7H2,1-3H3,(H,17,20). The van der Waals surface area contributed by atoms with Gasteiger partial charge in [-0.2, -0.15) is 0 Å². The SMILES string of the molecule is CCCc1cc(F)c(C(CCC=O)C(=O)NC)nc1C. The molecule has 0 radical (unpaired) electrons. The molecule has 1 atom stereocenters. The van der Waals surface area contributed by atoms with Crippen molar-refractivity contribution < 1.29 is 14.0 Å². The summed E-state index contributed by atoms with van der Waals surface area (Å²) in [5, 5.41) is 2.50. The van der Waals surface area contributed by atoms with Crippen molar-refractivity contribution in [3.8, 4) is 0 Å². The summed E-state index contributed by atoms with van der Waals surface area (Å²) in [5.74, 6) is -1.51. The van der Waals surface area contributed by atoms with Crippen LogP contribution in [0.2, 0.25) is 0 Å². The zero-order valence-corrected chi connectivity index (χ0v) is 12.2. The molecule has 4 nitrogen and oxygen atoms in total. The van der Waals surface area contributed by atoms with E-state index in [2.05, 4.69) is 10.3 Å². The molecule has 1 unspecified atom stereocenters. The number of hydrogen-bond donors (Lipinski definition) is 1. The Kier molecular flexibility index (Phi) is 6.28. The molecule has 1 N–H and O–H groups in total. The maximum atomic E-state index is 14.2. The zero-order valence-electron chi connectivity index (χ0n) is 12.2. The van der Waals surface area contributed by atoms with Crippen molar-refractivity contribution in [2.75, 3.05) is 7.05 Å². The lowest BCUT2D eigenvalue weighted by atomic mass is 9.96. The van der Waals surface area contributed by atoms with Gasteiger partial charge in [-0.3, -0.25) is 9.78 Å². The van der Waals surface area contributed by atoms with Gasteiger partial charge < -0.3 is 10.1 Å². The summed E-state index contributed by atoms with van der Waals surface area (Å²) >= 11 is 0. The van der Waals surface area contributed by atoms with Crippen molar-refractivity contribution in [2.45, 2.75) is 45.4 Å². The Balaban J connectivity index is 3.15. The lowest BCUT2D eigenvalue weighted by Crippen LogP contribution is -2.27. The Bertz CT molecular complexity index is 489. The van der Waals surface area contributed by atoms with Crippen LogP contribution in [-0.4, -0.2) is 24.2 Å². The predicted molar refractivity (Wildman–Crippen MR) is 75.0 cm³/mol. The van der Waals surface area contributed by atoms with E-state index in [0.29, 0.717) is 0 Å². The summed E-state index contributed by atoms with van der Waals surface area (Å²) in [4.78, 5) is 26.6. The quantitative estimate of drug-likeness (QED) is 0.780. The molecule has 1 rings (SSSR count). The average Bonchev–Trinajstić information content (AvgIpc) is 2.43. The Labute approximate surface area is 118 Å². The van der Waals surface area contributed by atoms with Crippen LogP contribution in [-0.2, 0) is 16.0 Å². The molecule has 0 aliphatic rings. The summed E-state index contributed by atoms with van der Waals surface area (Å²) in [6.07, 6.45) is 2.86. The van der Waals surface area contributed by atoms with E-state index in [4.69, 9.17) is 0 Å². The van der Waals surface area contributed by atoms with Gasteiger partial charge in [-0.15, -0.1) is 0 Å². The van der Waals surface area contributed by atoms with E-state index in [9.17, 15) is 14.0 Å². The van der Waals surface area contributed by atoms with E-state index in [1.54, 1.807) is 0 Å². The number of nitrogens with one attached hydrogen (secondary N) is 1. The molecule has 0 aliphatic carbocycles. The van der Waals surface area contributed by atoms with Crippen LogP contribution in [0.4, 0.5) is 4.39 Å². The van der Waals surface area contributed by atoms with Crippen LogP contribution in [0.25, 0.3) is 0 Å².